The molecule has 1 rings (SSSR count). The Morgan fingerprint density at radius 1 is 0.955 bits per heavy atom. The van der Waals surface area contributed by atoms with Crippen LogP contribution in [-0.2, 0) is 36.1 Å². The Hall–Kier alpha value is 0.354. The molecule has 0 bridgehead atoms. The van der Waals surface area contributed by atoms with Gasteiger partial charge in [-0.25, -0.2) is 0 Å². The Balaban J connectivity index is 2.90. The van der Waals surface area contributed by atoms with Gasteiger partial charge in [0.2, 0.25) is 0 Å². The van der Waals surface area contributed by atoms with Crippen LogP contribution in [0.3, 0.4) is 0 Å². The Kier molecular flexibility index (Phi) is 8.90. The fraction of sp³-hybridized carbons (Fsp3) is 1.00. The summed E-state index contributed by atoms with van der Waals surface area (Å²) in [5.41, 5.74) is 0. The Labute approximate surface area is 137 Å². The van der Waals surface area contributed by atoms with Crippen LogP contribution in [0.1, 0.15) is 72.6 Å². The van der Waals surface area contributed by atoms with E-state index in [-0.39, 0.29) is 12.0 Å². The molecule has 1 heterocycles. The van der Waals surface area contributed by atoms with E-state index in [2.05, 4.69) is 27.7 Å². The van der Waals surface area contributed by atoms with E-state index < -0.39 is 16.1 Å². The normalized spacial score (nSPS) is 27.6. The van der Waals surface area contributed by atoms with E-state index in [0.29, 0.717) is 16.1 Å². The first kappa shape index (κ1) is 20.4. The molecule has 6 heteroatoms. The van der Waals surface area contributed by atoms with Crippen LogP contribution in [0.4, 0.5) is 0 Å². The van der Waals surface area contributed by atoms with Gasteiger partial charge in [0, 0.05) is 0 Å². The molecular formula is C16H34O5Ti. The van der Waals surface area contributed by atoms with E-state index in [9.17, 15) is 3.32 Å². The number of hydrogen-bond acceptors (Lipinski definition) is 5. The van der Waals surface area contributed by atoms with Crippen LogP contribution in [0.2, 0.25) is 9.45 Å². The van der Waals surface area contributed by atoms with Gasteiger partial charge in [-0.2, -0.15) is 0 Å². The zero-order valence-corrected chi connectivity index (χ0v) is 16.3. The maximum atomic E-state index is 13.6. The molecule has 0 spiro atoms. The number of hydrogen-bond donors (Lipinski definition) is 0. The molecule has 0 amide bonds. The van der Waals surface area contributed by atoms with E-state index >= 15 is 0 Å². The van der Waals surface area contributed by atoms with Gasteiger partial charge in [-0.1, -0.05) is 0 Å². The van der Waals surface area contributed by atoms with Gasteiger partial charge in [0.15, 0.2) is 0 Å². The molecule has 2 atom stereocenters. The molecular weight excluding hydrogens is 320 g/mol. The third-order valence-corrected chi connectivity index (χ3v) is 10.2. The van der Waals surface area contributed by atoms with Crippen molar-refractivity contribution in [3.8, 4) is 0 Å². The van der Waals surface area contributed by atoms with E-state index in [0.717, 1.165) is 44.9 Å². The van der Waals surface area contributed by atoms with Crippen LogP contribution in [-0.4, -0.2) is 12.7 Å². The predicted molar refractivity (Wildman–Crippen MR) is 81.8 cm³/mol. The predicted octanol–water partition coefficient (Wildman–Crippen LogP) is 5.39. The first-order chi connectivity index (χ1) is 10.5. The topological polar surface area (TPSA) is 54.0 Å². The summed E-state index contributed by atoms with van der Waals surface area (Å²) in [6.45, 7) is 8.76. The maximum absolute atomic E-state index is 13.6. The van der Waals surface area contributed by atoms with Crippen molar-refractivity contribution in [1.82, 2.24) is 0 Å². The van der Waals surface area contributed by atoms with Crippen molar-refractivity contribution in [1.29, 1.82) is 0 Å². The Bertz CT molecular complexity index is 360. The fourth-order valence-electron chi connectivity index (χ4n) is 2.90. The summed E-state index contributed by atoms with van der Waals surface area (Å²) in [5.74, 6) is 0.210. The van der Waals surface area contributed by atoms with Crippen molar-refractivity contribution in [2.75, 3.05) is 6.61 Å². The third-order valence-electron chi connectivity index (χ3n) is 4.53. The molecule has 5 nitrogen and oxygen atoms in total. The van der Waals surface area contributed by atoms with Gasteiger partial charge >= 0.3 is 137 Å². The molecule has 0 aliphatic carbocycles. The van der Waals surface area contributed by atoms with Crippen LogP contribution < -0.4 is 0 Å². The van der Waals surface area contributed by atoms with E-state index in [1.165, 1.54) is 0 Å². The summed E-state index contributed by atoms with van der Waals surface area (Å²) in [4.78, 5) is 11.1. The minimum atomic E-state index is -4.88. The molecule has 0 radical (unpaired) electrons. The van der Waals surface area contributed by atoms with Crippen LogP contribution in [0.5, 0.6) is 0 Å². The Morgan fingerprint density at radius 3 is 2.09 bits per heavy atom. The van der Waals surface area contributed by atoms with Gasteiger partial charge in [-0.05, 0) is 0 Å². The number of unbranched alkanes of at least 4 members (excludes halogenated alkanes) is 2. The molecule has 0 aromatic carbocycles. The van der Waals surface area contributed by atoms with Gasteiger partial charge in [-0.15, -0.1) is 0 Å². The van der Waals surface area contributed by atoms with Crippen LogP contribution in [0.15, 0.2) is 0 Å². The van der Waals surface area contributed by atoms with Gasteiger partial charge < -0.3 is 0 Å². The molecule has 2 unspecified atom stereocenters. The summed E-state index contributed by atoms with van der Waals surface area (Å²) >= 11 is -4.88. The SMILES string of the molecule is CCC[CH2][Ti]1(=[O])([CH2]CCC)[O]OCC(CC)C(CCC)O[O]1. The second-order valence-corrected chi connectivity index (χ2v) is 13.0. The van der Waals surface area contributed by atoms with E-state index in [1.807, 2.05) is 0 Å². The summed E-state index contributed by atoms with van der Waals surface area (Å²) < 4.78 is 25.6. The molecule has 0 saturated carbocycles. The molecule has 1 aliphatic heterocycles. The van der Waals surface area contributed by atoms with Gasteiger partial charge in [-0.3, -0.25) is 0 Å². The monoisotopic (exact) mass is 354 g/mol. The van der Waals surface area contributed by atoms with Crippen LogP contribution in [0, 0.1) is 5.92 Å². The van der Waals surface area contributed by atoms with Crippen molar-refractivity contribution < 1.29 is 36.1 Å². The van der Waals surface area contributed by atoms with Gasteiger partial charge in [0.05, 0.1) is 0 Å². The molecule has 22 heavy (non-hydrogen) atoms. The molecule has 0 aromatic rings. The summed E-state index contributed by atoms with van der Waals surface area (Å²) in [5, 5.41) is 0. The average molecular weight is 354 g/mol. The van der Waals surface area contributed by atoms with Crippen LogP contribution >= 0.6 is 0 Å². The molecule has 132 valence electrons. The zero-order chi connectivity index (χ0) is 16.5. The fourth-order valence-corrected chi connectivity index (χ4v) is 8.14. The summed E-state index contributed by atoms with van der Waals surface area (Å²) in [7, 11) is 0. The van der Waals surface area contributed by atoms with E-state index in [4.69, 9.17) is 16.7 Å². The third kappa shape index (κ3) is 5.77. The first-order valence-electron chi connectivity index (χ1n) is 9.06. The second kappa shape index (κ2) is 9.60. The van der Waals surface area contributed by atoms with Crippen molar-refractivity contribution >= 4 is 0 Å². The molecule has 1 fully saturated rings. The molecule has 1 aliphatic rings. The van der Waals surface area contributed by atoms with Gasteiger partial charge in [0.25, 0.3) is 0 Å². The quantitative estimate of drug-likeness (QED) is 0.410. The Morgan fingerprint density at radius 2 is 1.59 bits per heavy atom. The summed E-state index contributed by atoms with van der Waals surface area (Å²) in [6, 6.07) is 0. The average Bonchev–Trinajstić information content (AvgIpc) is 2.52. The van der Waals surface area contributed by atoms with Gasteiger partial charge in [0.1, 0.15) is 0 Å². The summed E-state index contributed by atoms with van der Waals surface area (Å²) in [6.07, 6.45) is 6.21. The molecule has 1 saturated heterocycles. The number of rotatable bonds is 9. The first-order valence-corrected chi connectivity index (χ1v) is 13.2. The standard InChI is InChI=1S/C8H18O4.2C4H9.O.Ti/c1-3-5-8(12-10)7(4-2)6-11-9;2*1-3-4-2;;/h7-10H,3-6H2,1-2H3;2*1,3-4H2,2H3;;/q;;;;+2/p-2. The van der Waals surface area contributed by atoms with Crippen molar-refractivity contribution in [3.63, 3.8) is 0 Å². The zero-order valence-electron chi connectivity index (χ0n) is 14.8. The van der Waals surface area contributed by atoms with Crippen molar-refractivity contribution in [2.24, 2.45) is 5.92 Å². The minimum absolute atomic E-state index is 0.0703. The molecule has 0 aromatic heterocycles. The van der Waals surface area contributed by atoms with Crippen molar-refractivity contribution in [3.05, 3.63) is 0 Å². The second-order valence-electron chi connectivity index (χ2n) is 6.62. The van der Waals surface area contributed by atoms with Crippen molar-refractivity contribution in [2.45, 2.75) is 88.2 Å². The molecule has 0 N–H and O–H groups in total. The van der Waals surface area contributed by atoms with Crippen LogP contribution in [0.25, 0.3) is 0 Å². The van der Waals surface area contributed by atoms with E-state index in [1.54, 1.807) is 0 Å².